The number of aryl methyl sites for hydroxylation is 1. The summed E-state index contributed by atoms with van der Waals surface area (Å²) in [4.78, 5) is 13.2. The number of carbonyl (C=O) groups is 1. The van der Waals surface area contributed by atoms with E-state index < -0.39 is 0 Å². The highest BCUT2D eigenvalue weighted by atomic mass is 32.2. The summed E-state index contributed by atoms with van der Waals surface area (Å²) in [6.07, 6.45) is 0.798. The minimum Gasteiger partial charge on any atom is -0.300 e. The average molecular weight is 404 g/mol. The first-order valence-corrected chi connectivity index (χ1v) is 10.4. The van der Waals surface area contributed by atoms with Crippen molar-refractivity contribution in [2.24, 2.45) is 0 Å². The normalized spacial score (nSPS) is 11.1. The molecule has 0 aliphatic rings. The predicted molar refractivity (Wildman–Crippen MR) is 103 cm³/mol. The van der Waals surface area contributed by atoms with Gasteiger partial charge >= 0.3 is 0 Å². The highest BCUT2D eigenvalue weighted by Crippen LogP contribution is 2.24. The summed E-state index contributed by atoms with van der Waals surface area (Å²) in [6.45, 7) is 2.00. The molecule has 11 heteroatoms. The number of thiophene rings is 1. The Balaban J connectivity index is 1.46. The number of nitrogens with one attached hydrogen (secondary N) is 1. The quantitative estimate of drug-likeness (QED) is 0.494. The molecule has 0 bridgehead atoms. The zero-order valence-corrected chi connectivity index (χ0v) is 16.1. The maximum atomic E-state index is 12.1. The van der Waals surface area contributed by atoms with Gasteiger partial charge in [0.1, 0.15) is 10.7 Å². The molecule has 0 spiro atoms. The second kappa shape index (κ2) is 7.48. The molecule has 0 radical (unpaired) electrons. The Bertz CT molecular complexity index is 1040. The highest BCUT2D eigenvalue weighted by Gasteiger charge is 2.13. The third-order valence-electron chi connectivity index (χ3n) is 3.36. The molecule has 26 heavy (non-hydrogen) atoms. The first kappa shape index (κ1) is 17.1. The van der Waals surface area contributed by atoms with Crippen molar-refractivity contribution in [2.75, 3.05) is 11.1 Å². The van der Waals surface area contributed by atoms with Gasteiger partial charge in [0, 0.05) is 0 Å². The molecule has 0 unspecified atom stereocenters. The van der Waals surface area contributed by atoms with Gasteiger partial charge in [-0.1, -0.05) is 36.1 Å². The number of fused-ring (bicyclic) bond motifs is 1. The third kappa shape index (κ3) is 3.59. The number of hydrogen-bond acceptors (Lipinski definition) is 9. The minimum absolute atomic E-state index is 0.167. The lowest BCUT2D eigenvalue weighted by atomic mass is 10.3. The first-order valence-electron chi connectivity index (χ1n) is 7.74. The van der Waals surface area contributed by atoms with Crippen molar-refractivity contribution in [3.63, 3.8) is 0 Å². The monoisotopic (exact) mass is 403 g/mol. The van der Waals surface area contributed by atoms with Crippen LogP contribution in [0.25, 0.3) is 16.2 Å². The number of rotatable bonds is 6. The molecule has 4 aromatic rings. The van der Waals surface area contributed by atoms with Crippen LogP contribution in [0.4, 0.5) is 5.13 Å². The molecule has 0 saturated heterocycles. The standard InChI is InChI=1S/C15H13N7OS3/c1-2-13-18-19-14(26-13)16-12(23)8-25-15-20-17-11-6-5-9(21-22(11)15)10-4-3-7-24-10/h3-7H,2,8H2,1H3,(H,16,19,23). The molecular formula is C15H13N7OS3. The summed E-state index contributed by atoms with van der Waals surface area (Å²) in [6, 6.07) is 7.77. The topological polar surface area (TPSA) is 98.0 Å². The van der Waals surface area contributed by atoms with Crippen LogP contribution in [0, 0.1) is 0 Å². The molecule has 0 atom stereocenters. The Labute approximate surface area is 160 Å². The summed E-state index contributed by atoms with van der Waals surface area (Å²) in [5.74, 6) is 0.0205. The van der Waals surface area contributed by atoms with E-state index in [0.29, 0.717) is 15.9 Å². The molecule has 0 fully saturated rings. The number of nitrogens with zero attached hydrogens (tertiary/aromatic N) is 6. The summed E-state index contributed by atoms with van der Waals surface area (Å²) >= 11 is 4.27. The Hall–Kier alpha value is -2.37. The zero-order valence-electron chi connectivity index (χ0n) is 13.6. The van der Waals surface area contributed by atoms with Crippen molar-refractivity contribution in [1.29, 1.82) is 0 Å². The van der Waals surface area contributed by atoms with Crippen molar-refractivity contribution in [2.45, 2.75) is 18.5 Å². The van der Waals surface area contributed by atoms with E-state index in [-0.39, 0.29) is 11.7 Å². The molecule has 4 aromatic heterocycles. The number of hydrogen-bond donors (Lipinski definition) is 1. The Morgan fingerprint density at radius 1 is 1.23 bits per heavy atom. The molecule has 4 rings (SSSR count). The Morgan fingerprint density at radius 2 is 2.15 bits per heavy atom. The van der Waals surface area contributed by atoms with E-state index in [4.69, 9.17) is 0 Å². The molecule has 0 saturated carbocycles. The van der Waals surface area contributed by atoms with Gasteiger partial charge in [-0.2, -0.15) is 9.61 Å². The maximum Gasteiger partial charge on any atom is 0.236 e. The maximum absolute atomic E-state index is 12.1. The summed E-state index contributed by atoms with van der Waals surface area (Å²) in [7, 11) is 0. The highest BCUT2D eigenvalue weighted by molar-refractivity contribution is 7.99. The second-order valence-corrected chi connectivity index (χ2v) is 8.09. The number of anilines is 1. The molecule has 1 N–H and O–H groups in total. The molecule has 0 aromatic carbocycles. The van der Waals surface area contributed by atoms with E-state index >= 15 is 0 Å². The lowest BCUT2D eigenvalue weighted by Crippen LogP contribution is -2.14. The molecule has 1 amide bonds. The van der Waals surface area contributed by atoms with E-state index in [1.807, 2.05) is 36.6 Å². The Morgan fingerprint density at radius 3 is 2.92 bits per heavy atom. The fraction of sp³-hybridized carbons (Fsp3) is 0.200. The van der Waals surface area contributed by atoms with Crippen LogP contribution >= 0.6 is 34.4 Å². The molecule has 132 valence electrons. The van der Waals surface area contributed by atoms with Crippen LogP contribution in [0.15, 0.2) is 34.8 Å². The van der Waals surface area contributed by atoms with Crippen LogP contribution in [0.1, 0.15) is 11.9 Å². The van der Waals surface area contributed by atoms with Gasteiger partial charge in [0.25, 0.3) is 0 Å². The predicted octanol–water partition coefficient (Wildman–Crippen LogP) is 3.00. The van der Waals surface area contributed by atoms with Crippen LogP contribution in [-0.2, 0) is 11.2 Å². The van der Waals surface area contributed by atoms with Crippen LogP contribution in [0.3, 0.4) is 0 Å². The van der Waals surface area contributed by atoms with Crippen molar-refractivity contribution in [1.82, 2.24) is 30.0 Å². The summed E-state index contributed by atoms with van der Waals surface area (Å²) in [5, 5.41) is 27.5. The second-order valence-electron chi connectivity index (χ2n) is 5.14. The van der Waals surface area contributed by atoms with Gasteiger partial charge in [-0.3, -0.25) is 10.1 Å². The van der Waals surface area contributed by atoms with Crippen molar-refractivity contribution in [3.8, 4) is 10.6 Å². The van der Waals surface area contributed by atoms with Crippen LogP contribution in [-0.4, -0.2) is 41.7 Å². The van der Waals surface area contributed by atoms with Crippen LogP contribution in [0.2, 0.25) is 0 Å². The van der Waals surface area contributed by atoms with Gasteiger partial charge < -0.3 is 0 Å². The summed E-state index contributed by atoms with van der Waals surface area (Å²) < 4.78 is 1.66. The van der Waals surface area contributed by atoms with Crippen molar-refractivity contribution < 1.29 is 4.79 Å². The van der Waals surface area contributed by atoms with E-state index in [9.17, 15) is 4.79 Å². The van der Waals surface area contributed by atoms with Gasteiger partial charge in [-0.15, -0.1) is 31.7 Å². The molecular weight excluding hydrogens is 390 g/mol. The zero-order chi connectivity index (χ0) is 17.9. The largest absolute Gasteiger partial charge is 0.300 e. The van der Waals surface area contributed by atoms with E-state index in [1.54, 1.807) is 15.9 Å². The molecule has 4 heterocycles. The van der Waals surface area contributed by atoms with Crippen LogP contribution in [0.5, 0.6) is 0 Å². The van der Waals surface area contributed by atoms with E-state index in [1.165, 1.54) is 23.1 Å². The number of thioether (sulfide) groups is 1. The summed E-state index contributed by atoms with van der Waals surface area (Å²) in [5.41, 5.74) is 1.49. The first-order chi connectivity index (χ1) is 12.7. The van der Waals surface area contributed by atoms with Gasteiger partial charge in [-0.25, -0.2) is 0 Å². The van der Waals surface area contributed by atoms with Crippen molar-refractivity contribution >= 4 is 51.1 Å². The van der Waals surface area contributed by atoms with Gasteiger partial charge in [-0.05, 0) is 30.0 Å². The fourth-order valence-electron chi connectivity index (χ4n) is 2.15. The minimum atomic E-state index is -0.167. The Kier molecular flexibility index (Phi) is 4.91. The fourth-order valence-corrected chi connectivity index (χ4v) is 4.22. The van der Waals surface area contributed by atoms with Gasteiger partial charge in [0.15, 0.2) is 5.65 Å². The van der Waals surface area contributed by atoms with E-state index in [2.05, 4.69) is 30.8 Å². The SMILES string of the molecule is CCc1nnc(NC(=O)CSc2nnc3ccc(-c4cccs4)nn23)s1. The van der Waals surface area contributed by atoms with E-state index in [0.717, 1.165) is 22.0 Å². The molecule has 0 aliphatic carbocycles. The number of carbonyl (C=O) groups excluding carboxylic acids is 1. The lowest BCUT2D eigenvalue weighted by Gasteiger charge is -2.02. The molecule has 8 nitrogen and oxygen atoms in total. The van der Waals surface area contributed by atoms with Crippen LogP contribution < -0.4 is 5.32 Å². The third-order valence-corrected chi connectivity index (χ3v) is 6.15. The number of aromatic nitrogens is 6. The molecule has 0 aliphatic heterocycles. The number of amides is 1. The van der Waals surface area contributed by atoms with Gasteiger partial charge in [0.2, 0.25) is 16.2 Å². The smallest absolute Gasteiger partial charge is 0.236 e. The van der Waals surface area contributed by atoms with Gasteiger partial charge in [0.05, 0.1) is 10.6 Å². The lowest BCUT2D eigenvalue weighted by molar-refractivity contribution is -0.113. The van der Waals surface area contributed by atoms with Crippen molar-refractivity contribution in [3.05, 3.63) is 34.7 Å². The average Bonchev–Trinajstić information content (AvgIpc) is 3.40.